The molecule has 0 atom stereocenters. The largest absolute Gasteiger partial charge is 0.377 e. The number of aromatic nitrogens is 1. The predicted octanol–water partition coefficient (Wildman–Crippen LogP) is 1.92. The highest BCUT2D eigenvalue weighted by molar-refractivity contribution is 6.06. The maximum absolute atomic E-state index is 13.1. The molecule has 1 aromatic heterocycles. The van der Waals surface area contributed by atoms with E-state index in [2.05, 4.69) is 4.98 Å². The Bertz CT molecular complexity index is 792. The van der Waals surface area contributed by atoms with Crippen LogP contribution in [-0.4, -0.2) is 41.1 Å². The summed E-state index contributed by atoms with van der Waals surface area (Å²) in [4.78, 5) is 29.7. The van der Waals surface area contributed by atoms with Crippen LogP contribution in [0.15, 0.2) is 35.3 Å². The molecule has 1 aliphatic carbocycles. The van der Waals surface area contributed by atoms with Gasteiger partial charge in [0.25, 0.3) is 11.5 Å². The molecular weight excluding hydrogens is 280 g/mol. The number of nitrogens with zero attached hydrogens (tertiary/aromatic N) is 1. The van der Waals surface area contributed by atoms with Gasteiger partial charge in [0.2, 0.25) is 0 Å². The molecule has 1 aromatic carbocycles. The molecule has 5 nitrogen and oxygen atoms in total. The summed E-state index contributed by atoms with van der Waals surface area (Å²) in [6.07, 6.45) is 4.69. The van der Waals surface area contributed by atoms with Crippen LogP contribution in [0.3, 0.4) is 0 Å². The molecule has 4 rings (SSSR count). The minimum absolute atomic E-state index is 0.00421. The van der Waals surface area contributed by atoms with Crippen molar-refractivity contribution in [1.29, 1.82) is 0 Å². The smallest absolute Gasteiger partial charge is 0.256 e. The third-order valence-corrected chi connectivity index (χ3v) is 4.97. The van der Waals surface area contributed by atoms with Crippen molar-refractivity contribution in [1.82, 2.24) is 9.88 Å². The van der Waals surface area contributed by atoms with E-state index in [1.165, 1.54) is 0 Å². The van der Waals surface area contributed by atoms with E-state index < -0.39 is 0 Å². The lowest BCUT2D eigenvalue weighted by Gasteiger charge is -2.52. The van der Waals surface area contributed by atoms with Gasteiger partial charge in [-0.15, -0.1) is 0 Å². The molecular formula is C17H18N2O3. The molecule has 2 aromatic rings. The molecule has 2 aliphatic rings. The summed E-state index contributed by atoms with van der Waals surface area (Å²) >= 11 is 0. The predicted molar refractivity (Wildman–Crippen MR) is 83.0 cm³/mol. The van der Waals surface area contributed by atoms with Crippen LogP contribution in [-0.2, 0) is 4.74 Å². The van der Waals surface area contributed by atoms with Crippen molar-refractivity contribution >= 4 is 16.7 Å². The van der Waals surface area contributed by atoms with Gasteiger partial charge in [-0.25, -0.2) is 0 Å². The quantitative estimate of drug-likeness (QED) is 0.875. The molecule has 1 spiro atoms. The molecule has 5 heteroatoms. The summed E-state index contributed by atoms with van der Waals surface area (Å²) in [6, 6.07) is 7.26. The van der Waals surface area contributed by atoms with E-state index in [0.717, 1.165) is 24.6 Å². The van der Waals surface area contributed by atoms with Crippen molar-refractivity contribution in [2.45, 2.75) is 24.8 Å². The van der Waals surface area contributed by atoms with E-state index in [9.17, 15) is 9.59 Å². The molecule has 1 amide bonds. The number of ether oxygens (including phenoxy) is 1. The van der Waals surface area contributed by atoms with E-state index in [4.69, 9.17) is 4.74 Å². The van der Waals surface area contributed by atoms with Crippen molar-refractivity contribution in [2.75, 3.05) is 19.8 Å². The first-order valence-corrected chi connectivity index (χ1v) is 7.71. The van der Waals surface area contributed by atoms with Gasteiger partial charge in [0, 0.05) is 23.5 Å². The number of pyridine rings is 1. The minimum atomic E-state index is -0.160. The lowest BCUT2D eigenvalue weighted by Crippen LogP contribution is -2.62. The van der Waals surface area contributed by atoms with Crippen LogP contribution in [0.5, 0.6) is 0 Å². The highest BCUT2D eigenvalue weighted by Crippen LogP contribution is 2.40. The first-order chi connectivity index (χ1) is 10.7. The third-order valence-electron chi connectivity index (χ3n) is 4.97. The molecule has 22 heavy (non-hydrogen) atoms. The Morgan fingerprint density at radius 1 is 1.23 bits per heavy atom. The first-order valence-electron chi connectivity index (χ1n) is 7.71. The van der Waals surface area contributed by atoms with Crippen LogP contribution in [0.1, 0.15) is 29.6 Å². The fourth-order valence-electron chi connectivity index (χ4n) is 3.58. The van der Waals surface area contributed by atoms with Crippen LogP contribution >= 0.6 is 0 Å². The number of rotatable bonds is 1. The Morgan fingerprint density at radius 3 is 2.73 bits per heavy atom. The molecule has 2 heterocycles. The summed E-state index contributed by atoms with van der Waals surface area (Å²) in [5.41, 5.74) is 0.280. The van der Waals surface area contributed by atoms with Gasteiger partial charge in [0.1, 0.15) is 0 Å². The van der Waals surface area contributed by atoms with Crippen LogP contribution in [0, 0.1) is 0 Å². The van der Waals surface area contributed by atoms with Crippen molar-refractivity contribution < 1.29 is 9.53 Å². The SMILES string of the molecule is O=C(c1c[nH]c(=O)c2ccccc12)N1CCOCC12CCC2. The summed E-state index contributed by atoms with van der Waals surface area (Å²) in [5, 5.41) is 1.28. The standard InChI is InChI=1S/C17H18N2O3/c20-15-13-5-2-1-4-12(13)14(10-18-15)16(21)19-8-9-22-11-17(19)6-3-7-17/h1-2,4-5,10H,3,6-9,11H2,(H,18,20). The average molecular weight is 298 g/mol. The number of amides is 1. The fourth-order valence-corrected chi connectivity index (χ4v) is 3.58. The Labute approximate surface area is 127 Å². The Hall–Kier alpha value is -2.14. The summed E-state index contributed by atoms with van der Waals surface area (Å²) in [5.74, 6) is -0.00421. The van der Waals surface area contributed by atoms with E-state index >= 15 is 0 Å². The zero-order valence-corrected chi connectivity index (χ0v) is 12.3. The van der Waals surface area contributed by atoms with Gasteiger partial charge in [-0.1, -0.05) is 18.2 Å². The Kier molecular flexibility index (Phi) is 3.04. The van der Waals surface area contributed by atoms with Crippen molar-refractivity contribution in [3.05, 3.63) is 46.4 Å². The van der Waals surface area contributed by atoms with Crippen LogP contribution in [0.2, 0.25) is 0 Å². The normalized spacial score (nSPS) is 20.1. The van der Waals surface area contributed by atoms with E-state index in [1.54, 1.807) is 12.3 Å². The summed E-state index contributed by atoms with van der Waals surface area (Å²) in [7, 11) is 0. The van der Waals surface area contributed by atoms with Gasteiger partial charge in [-0.3, -0.25) is 9.59 Å². The molecule has 0 unspecified atom stereocenters. The second kappa shape index (κ2) is 4.95. The van der Waals surface area contributed by atoms with Crippen molar-refractivity contribution in [3.8, 4) is 0 Å². The molecule has 2 fully saturated rings. The number of carbonyl (C=O) groups excluding carboxylic acids is 1. The van der Waals surface area contributed by atoms with E-state index in [1.807, 2.05) is 23.1 Å². The van der Waals surface area contributed by atoms with Gasteiger partial charge in [0.15, 0.2) is 0 Å². The zero-order valence-electron chi connectivity index (χ0n) is 12.3. The molecule has 1 N–H and O–H groups in total. The number of H-pyrrole nitrogens is 1. The fraction of sp³-hybridized carbons (Fsp3) is 0.412. The van der Waals surface area contributed by atoms with E-state index in [0.29, 0.717) is 30.7 Å². The lowest BCUT2D eigenvalue weighted by molar-refractivity contribution is -0.0876. The molecule has 1 saturated carbocycles. The Morgan fingerprint density at radius 2 is 2.00 bits per heavy atom. The van der Waals surface area contributed by atoms with Gasteiger partial charge < -0.3 is 14.6 Å². The second-order valence-electron chi connectivity index (χ2n) is 6.16. The Balaban J connectivity index is 1.80. The average Bonchev–Trinajstić information content (AvgIpc) is 2.53. The monoisotopic (exact) mass is 298 g/mol. The maximum atomic E-state index is 13.1. The molecule has 1 aliphatic heterocycles. The molecule has 114 valence electrons. The van der Waals surface area contributed by atoms with Gasteiger partial charge >= 0.3 is 0 Å². The first kappa shape index (κ1) is 13.5. The number of morpholine rings is 1. The van der Waals surface area contributed by atoms with E-state index in [-0.39, 0.29) is 17.0 Å². The second-order valence-corrected chi connectivity index (χ2v) is 6.16. The number of carbonyl (C=O) groups is 1. The number of hydrogen-bond donors (Lipinski definition) is 1. The van der Waals surface area contributed by atoms with Crippen molar-refractivity contribution in [2.24, 2.45) is 0 Å². The van der Waals surface area contributed by atoms with Crippen LogP contribution < -0.4 is 5.56 Å². The summed E-state index contributed by atoms with van der Waals surface area (Å²) < 4.78 is 5.60. The van der Waals surface area contributed by atoms with Crippen molar-refractivity contribution in [3.63, 3.8) is 0 Å². The molecule has 0 radical (unpaired) electrons. The number of hydrogen-bond acceptors (Lipinski definition) is 3. The zero-order chi connectivity index (χ0) is 15.2. The highest BCUT2D eigenvalue weighted by Gasteiger charge is 2.47. The van der Waals surface area contributed by atoms with Gasteiger partial charge in [0.05, 0.1) is 24.3 Å². The minimum Gasteiger partial charge on any atom is -0.377 e. The number of nitrogens with one attached hydrogen (secondary N) is 1. The lowest BCUT2D eigenvalue weighted by atomic mass is 9.75. The molecule has 1 saturated heterocycles. The summed E-state index contributed by atoms with van der Waals surface area (Å²) in [6.45, 7) is 1.82. The van der Waals surface area contributed by atoms with Gasteiger partial charge in [-0.2, -0.15) is 0 Å². The number of fused-ring (bicyclic) bond motifs is 1. The third kappa shape index (κ3) is 1.89. The number of aromatic amines is 1. The number of benzene rings is 1. The topological polar surface area (TPSA) is 62.4 Å². The van der Waals surface area contributed by atoms with Crippen LogP contribution in [0.25, 0.3) is 10.8 Å². The van der Waals surface area contributed by atoms with Crippen LogP contribution in [0.4, 0.5) is 0 Å². The van der Waals surface area contributed by atoms with Gasteiger partial charge in [-0.05, 0) is 25.3 Å². The highest BCUT2D eigenvalue weighted by atomic mass is 16.5. The molecule has 0 bridgehead atoms. The maximum Gasteiger partial charge on any atom is 0.256 e.